The minimum atomic E-state index is -0.635. The van der Waals surface area contributed by atoms with E-state index >= 15 is 0 Å². The van der Waals surface area contributed by atoms with Crippen molar-refractivity contribution in [3.63, 3.8) is 0 Å². The van der Waals surface area contributed by atoms with Crippen molar-refractivity contribution in [3.8, 4) is 0 Å². The van der Waals surface area contributed by atoms with Gasteiger partial charge in [0.15, 0.2) is 0 Å². The number of nitrogens with two attached hydrogens (primary N) is 1. The van der Waals surface area contributed by atoms with Crippen molar-refractivity contribution >= 4 is 5.91 Å². The number of aryl methyl sites for hydroxylation is 1. The quantitative estimate of drug-likeness (QED) is 0.544. The van der Waals surface area contributed by atoms with E-state index in [1.54, 1.807) is 0 Å². The third-order valence-corrected chi connectivity index (χ3v) is 6.05. The van der Waals surface area contributed by atoms with Crippen molar-refractivity contribution in [2.75, 3.05) is 6.54 Å². The van der Waals surface area contributed by atoms with Crippen molar-refractivity contribution in [2.45, 2.75) is 71.0 Å². The van der Waals surface area contributed by atoms with Gasteiger partial charge in [0.1, 0.15) is 11.6 Å². The Morgan fingerprint density at radius 1 is 1.09 bits per heavy atom. The Hall–Kier alpha value is -2.31. The van der Waals surface area contributed by atoms with Crippen LogP contribution < -0.4 is 16.4 Å². The minimum Gasteiger partial charge on any atom is -0.352 e. The van der Waals surface area contributed by atoms with E-state index in [-0.39, 0.29) is 18.4 Å². The van der Waals surface area contributed by atoms with Gasteiger partial charge < -0.3 is 16.4 Å². The number of rotatable bonds is 9. The smallest absolute Gasteiger partial charge is 0.217 e. The number of amides is 1. The molecule has 0 bridgehead atoms. The number of carbonyl (C=O) groups excluding carboxylic acids is 1. The SMILES string of the molecule is CC(=O)N[C@@H](Cc1cc(F)cc(F)c1)[C@@H](N)CN[C@H]1CCCc2ccc(CC(C)C)cc21. The first-order chi connectivity index (χ1) is 15.2. The maximum Gasteiger partial charge on any atom is 0.217 e. The maximum atomic E-state index is 13.6. The third-order valence-electron chi connectivity index (χ3n) is 6.05. The molecular formula is C26H35F2N3O. The van der Waals surface area contributed by atoms with Gasteiger partial charge in [-0.15, -0.1) is 0 Å². The lowest BCUT2D eigenvalue weighted by molar-refractivity contribution is -0.119. The molecule has 6 heteroatoms. The summed E-state index contributed by atoms with van der Waals surface area (Å²) < 4.78 is 27.2. The van der Waals surface area contributed by atoms with E-state index < -0.39 is 23.7 Å². The summed E-state index contributed by atoms with van der Waals surface area (Å²) in [5.74, 6) is -0.889. The summed E-state index contributed by atoms with van der Waals surface area (Å²) in [6.45, 7) is 6.36. The summed E-state index contributed by atoms with van der Waals surface area (Å²) in [6.07, 6.45) is 4.54. The molecule has 0 saturated carbocycles. The van der Waals surface area contributed by atoms with Crippen LogP contribution in [0.15, 0.2) is 36.4 Å². The van der Waals surface area contributed by atoms with E-state index in [9.17, 15) is 13.6 Å². The normalized spacial score (nSPS) is 17.7. The van der Waals surface area contributed by atoms with Gasteiger partial charge >= 0.3 is 0 Å². The predicted molar refractivity (Wildman–Crippen MR) is 124 cm³/mol. The molecule has 0 spiro atoms. The van der Waals surface area contributed by atoms with Gasteiger partial charge in [0.25, 0.3) is 0 Å². The molecular weight excluding hydrogens is 408 g/mol. The molecule has 1 aliphatic rings. The maximum absolute atomic E-state index is 13.6. The summed E-state index contributed by atoms with van der Waals surface area (Å²) in [7, 11) is 0. The molecule has 0 fully saturated rings. The van der Waals surface area contributed by atoms with E-state index in [0.29, 0.717) is 18.0 Å². The van der Waals surface area contributed by atoms with Gasteiger partial charge in [0.2, 0.25) is 5.91 Å². The van der Waals surface area contributed by atoms with Crippen molar-refractivity contribution in [2.24, 2.45) is 11.7 Å². The van der Waals surface area contributed by atoms with Gasteiger partial charge in [-0.2, -0.15) is 0 Å². The Labute approximate surface area is 190 Å². The molecule has 2 aromatic rings. The molecule has 0 heterocycles. The van der Waals surface area contributed by atoms with Crippen molar-refractivity contribution in [1.82, 2.24) is 10.6 Å². The number of nitrogens with one attached hydrogen (secondary N) is 2. The molecule has 174 valence electrons. The Morgan fingerprint density at radius 2 is 1.81 bits per heavy atom. The second-order valence-electron chi connectivity index (χ2n) is 9.44. The van der Waals surface area contributed by atoms with Gasteiger partial charge in [-0.1, -0.05) is 32.0 Å². The molecule has 0 unspecified atom stereocenters. The van der Waals surface area contributed by atoms with Crippen LogP contribution in [-0.2, 0) is 24.1 Å². The number of halogens is 2. The minimum absolute atomic E-state index is 0.210. The Balaban J connectivity index is 1.69. The first kappa shape index (κ1) is 24.3. The summed E-state index contributed by atoms with van der Waals surface area (Å²) in [5, 5.41) is 6.45. The lowest BCUT2D eigenvalue weighted by Crippen LogP contribution is -2.53. The Morgan fingerprint density at radius 3 is 2.47 bits per heavy atom. The van der Waals surface area contributed by atoms with E-state index in [1.807, 2.05) is 0 Å². The number of benzene rings is 2. The van der Waals surface area contributed by atoms with E-state index in [4.69, 9.17) is 5.73 Å². The molecule has 0 radical (unpaired) electrons. The number of fused-ring (bicyclic) bond motifs is 1. The average Bonchev–Trinajstić information content (AvgIpc) is 2.70. The largest absolute Gasteiger partial charge is 0.352 e. The molecule has 1 amide bonds. The molecule has 4 N–H and O–H groups in total. The highest BCUT2D eigenvalue weighted by Gasteiger charge is 2.24. The number of hydrogen-bond acceptors (Lipinski definition) is 3. The Kier molecular flexibility index (Phi) is 8.38. The van der Waals surface area contributed by atoms with Crippen molar-refractivity contribution in [3.05, 3.63) is 70.3 Å². The molecule has 0 aliphatic heterocycles. The number of carbonyl (C=O) groups is 1. The van der Waals surface area contributed by atoms with Crippen LogP contribution in [0.4, 0.5) is 8.78 Å². The van der Waals surface area contributed by atoms with Crippen LogP contribution in [0, 0.1) is 17.6 Å². The molecule has 3 atom stereocenters. The first-order valence-corrected chi connectivity index (χ1v) is 11.5. The molecule has 0 saturated heterocycles. The lowest BCUT2D eigenvalue weighted by atomic mass is 9.85. The van der Waals surface area contributed by atoms with Crippen LogP contribution in [0.3, 0.4) is 0 Å². The van der Waals surface area contributed by atoms with Gasteiger partial charge in [0.05, 0.1) is 0 Å². The van der Waals surface area contributed by atoms with Gasteiger partial charge in [0, 0.05) is 37.7 Å². The highest BCUT2D eigenvalue weighted by Crippen LogP contribution is 2.31. The monoisotopic (exact) mass is 443 g/mol. The van der Waals surface area contributed by atoms with Crippen LogP contribution >= 0.6 is 0 Å². The first-order valence-electron chi connectivity index (χ1n) is 11.5. The zero-order valence-corrected chi connectivity index (χ0v) is 19.3. The summed E-state index contributed by atoms with van der Waals surface area (Å²) in [6, 6.07) is 9.58. The fourth-order valence-electron chi connectivity index (χ4n) is 4.63. The third kappa shape index (κ3) is 6.84. The van der Waals surface area contributed by atoms with E-state index in [1.165, 1.54) is 35.7 Å². The molecule has 3 rings (SSSR count). The van der Waals surface area contributed by atoms with Crippen molar-refractivity contribution < 1.29 is 13.6 Å². The highest BCUT2D eigenvalue weighted by atomic mass is 19.1. The second kappa shape index (κ2) is 11.0. The van der Waals surface area contributed by atoms with Crippen molar-refractivity contribution in [1.29, 1.82) is 0 Å². The molecule has 2 aromatic carbocycles. The standard InChI is InChI=1S/C26H35F2N3O/c1-16(2)9-18-7-8-20-5-4-6-25(23(20)12-18)30-15-24(29)26(31-17(3)32)13-19-10-21(27)14-22(28)11-19/h7-8,10-12,14,16,24-26,30H,4-6,9,13,15,29H2,1-3H3,(H,31,32)/t24-,25-,26-/m0/s1. The van der Waals surface area contributed by atoms with E-state index in [0.717, 1.165) is 31.7 Å². The summed E-state index contributed by atoms with van der Waals surface area (Å²) in [5.41, 5.74) is 11.0. The zero-order valence-electron chi connectivity index (χ0n) is 19.3. The predicted octanol–water partition coefficient (Wildman–Crippen LogP) is 4.21. The van der Waals surface area contributed by atoms with Crippen LogP contribution in [-0.4, -0.2) is 24.5 Å². The van der Waals surface area contributed by atoms with Gasteiger partial charge in [-0.05, 0) is 72.4 Å². The topological polar surface area (TPSA) is 67.2 Å². The Bertz CT molecular complexity index is 911. The molecule has 4 nitrogen and oxygen atoms in total. The molecule has 32 heavy (non-hydrogen) atoms. The highest BCUT2D eigenvalue weighted by molar-refractivity contribution is 5.73. The lowest BCUT2D eigenvalue weighted by Gasteiger charge is -2.31. The van der Waals surface area contributed by atoms with Crippen LogP contribution in [0.25, 0.3) is 0 Å². The molecule has 0 aromatic heterocycles. The molecule has 1 aliphatic carbocycles. The number of hydrogen-bond donors (Lipinski definition) is 3. The average molecular weight is 444 g/mol. The van der Waals surface area contributed by atoms with Crippen LogP contribution in [0.5, 0.6) is 0 Å². The van der Waals surface area contributed by atoms with Gasteiger partial charge in [-0.25, -0.2) is 8.78 Å². The summed E-state index contributed by atoms with van der Waals surface area (Å²) >= 11 is 0. The zero-order chi connectivity index (χ0) is 23.3. The van der Waals surface area contributed by atoms with Crippen LogP contribution in [0.2, 0.25) is 0 Å². The van der Waals surface area contributed by atoms with Crippen LogP contribution in [0.1, 0.15) is 61.9 Å². The fourth-order valence-corrected chi connectivity index (χ4v) is 4.63. The fraction of sp³-hybridized carbons (Fsp3) is 0.500. The van der Waals surface area contributed by atoms with E-state index in [2.05, 4.69) is 42.7 Å². The summed E-state index contributed by atoms with van der Waals surface area (Å²) in [4.78, 5) is 11.7. The second-order valence-corrected chi connectivity index (χ2v) is 9.44. The van der Waals surface area contributed by atoms with Gasteiger partial charge in [-0.3, -0.25) is 4.79 Å².